The van der Waals surface area contributed by atoms with Crippen molar-refractivity contribution in [2.24, 2.45) is 0 Å². The van der Waals surface area contributed by atoms with Gasteiger partial charge in [-0.25, -0.2) is 4.39 Å². The van der Waals surface area contributed by atoms with Crippen LogP contribution in [0.3, 0.4) is 0 Å². The van der Waals surface area contributed by atoms with E-state index in [0.29, 0.717) is 12.0 Å². The molecule has 0 unspecified atom stereocenters. The lowest BCUT2D eigenvalue weighted by molar-refractivity contribution is -0.121. The van der Waals surface area contributed by atoms with E-state index in [9.17, 15) is 9.18 Å². The van der Waals surface area contributed by atoms with Gasteiger partial charge >= 0.3 is 0 Å². The molecular formula is C15H19FN2O. The molecule has 19 heavy (non-hydrogen) atoms. The molecule has 102 valence electrons. The highest BCUT2D eigenvalue weighted by Crippen LogP contribution is 2.10. The number of carbonyl (C=O) groups excluding carboxylic acids is 1. The number of rotatable bonds is 7. The molecule has 0 saturated carbocycles. The second-order valence-corrected chi connectivity index (χ2v) is 4.51. The second-order valence-electron chi connectivity index (χ2n) is 4.51. The molecule has 0 aliphatic carbocycles. The van der Waals surface area contributed by atoms with E-state index in [1.165, 1.54) is 12.1 Å². The first-order valence-corrected chi connectivity index (χ1v) is 6.62. The Bertz CT molecular complexity index is 466. The van der Waals surface area contributed by atoms with Crippen LogP contribution in [0.1, 0.15) is 50.2 Å². The SMILES string of the molecule is CCCCCCC(=O)NCc1ccc(C#N)cc1F. The van der Waals surface area contributed by atoms with Gasteiger partial charge in [-0.1, -0.05) is 32.3 Å². The molecule has 0 saturated heterocycles. The number of unbranched alkanes of at least 4 members (excludes halogenated alkanes) is 3. The number of amides is 1. The van der Waals surface area contributed by atoms with E-state index in [1.54, 1.807) is 6.07 Å². The molecule has 1 rings (SSSR count). The normalized spacial score (nSPS) is 9.95. The minimum absolute atomic E-state index is 0.0557. The molecule has 0 radical (unpaired) electrons. The van der Waals surface area contributed by atoms with Crippen molar-refractivity contribution in [2.75, 3.05) is 0 Å². The fraction of sp³-hybridized carbons (Fsp3) is 0.467. The van der Waals surface area contributed by atoms with Crippen molar-refractivity contribution < 1.29 is 9.18 Å². The van der Waals surface area contributed by atoms with E-state index in [0.717, 1.165) is 25.7 Å². The highest BCUT2D eigenvalue weighted by atomic mass is 19.1. The standard InChI is InChI=1S/C15H19FN2O/c1-2-3-4-5-6-15(19)18-11-13-8-7-12(10-17)9-14(13)16/h7-9H,2-6,11H2,1H3,(H,18,19). The molecule has 0 atom stereocenters. The Morgan fingerprint density at radius 3 is 2.79 bits per heavy atom. The summed E-state index contributed by atoms with van der Waals surface area (Å²) in [4.78, 5) is 11.5. The molecule has 0 spiro atoms. The van der Waals surface area contributed by atoms with Gasteiger partial charge in [-0.2, -0.15) is 5.26 Å². The minimum atomic E-state index is -0.453. The zero-order chi connectivity index (χ0) is 14.1. The van der Waals surface area contributed by atoms with Gasteiger partial charge in [-0.15, -0.1) is 0 Å². The van der Waals surface area contributed by atoms with Crippen molar-refractivity contribution >= 4 is 5.91 Å². The first kappa shape index (κ1) is 15.2. The van der Waals surface area contributed by atoms with E-state index in [-0.39, 0.29) is 18.0 Å². The van der Waals surface area contributed by atoms with Gasteiger partial charge in [0.1, 0.15) is 5.82 Å². The van der Waals surface area contributed by atoms with Gasteiger partial charge in [0.25, 0.3) is 0 Å². The van der Waals surface area contributed by atoms with Crippen LogP contribution in [0.4, 0.5) is 4.39 Å². The maximum Gasteiger partial charge on any atom is 0.220 e. The largest absolute Gasteiger partial charge is 0.352 e. The average Bonchev–Trinajstić information content (AvgIpc) is 2.42. The van der Waals surface area contributed by atoms with Crippen molar-refractivity contribution in [2.45, 2.75) is 45.6 Å². The number of nitrogens with zero attached hydrogens (tertiary/aromatic N) is 1. The fourth-order valence-electron chi connectivity index (χ4n) is 1.75. The molecule has 1 N–H and O–H groups in total. The smallest absolute Gasteiger partial charge is 0.220 e. The molecule has 0 bridgehead atoms. The summed E-state index contributed by atoms with van der Waals surface area (Å²) in [5.41, 5.74) is 0.688. The van der Waals surface area contributed by atoms with Crippen LogP contribution in [0.2, 0.25) is 0 Å². The molecule has 0 fully saturated rings. The van der Waals surface area contributed by atoms with Crippen LogP contribution < -0.4 is 5.32 Å². The highest BCUT2D eigenvalue weighted by Gasteiger charge is 2.06. The Balaban J connectivity index is 2.36. The zero-order valence-electron chi connectivity index (χ0n) is 11.2. The van der Waals surface area contributed by atoms with Gasteiger partial charge in [-0.05, 0) is 18.6 Å². The van der Waals surface area contributed by atoms with Crippen LogP contribution in [-0.4, -0.2) is 5.91 Å². The molecule has 3 nitrogen and oxygen atoms in total. The molecule has 1 aromatic rings. The second kappa shape index (κ2) is 8.25. The third-order valence-corrected chi connectivity index (χ3v) is 2.92. The zero-order valence-corrected chi connectivity index (χ0v) is 11.2. The molecular weight excluding hydrogens is 243 g/mol. The average molecular weight is 262 g/mol. The predicted molar refractivity (Wildman–Crippen MR) is 71.7 cm³/mol. The van der Waals surface area contributed by atoms with Crippen LogP contribution in [0.25, 0.3) is 0 Å². The number of hydrogen-bond donors (Lipinski definition) is 1. The van der Waals surface area contributed by atoms with Crippen molar-refractivity contribution in [1.29, 1.82) is 5.26 Å². The van der Waals surface area contributed by atoms with Crippen molar-refractivity contribution in [3.63, 3.8) is 0 Å². The van der Waals surface area contributed by atoms with Crippen LogP contribution >= 0.6 is 0 Å². The van der Waals surface area contributed by atoms with Gasteiger partial charge in [0.05, 0.1) is 11.6 Å². The van der Waals surface area contributed by atoms with Gasteiger partial charge in [-0.3, -0.25) is 4.79 Å². The van der Waals surface area contributed by atoms with Crippen LogP contribution in [0.15, 0.2) is 18.2 Å². The summed E-state index contributed by atoms with van der Waals surface area (Å²) in [7, 11) is 0. The summed E-state index contributed by atoms with van der Waals surface area (Å²) in [6, 6.07) is 6.14. The Hall–Kier alpha value is -1.89. The fourth-order valence-corrected chi connectivity index (χ4v) is 1.75. The lowest BCUT2D eigenvalue weighted by atomic mass is 10.1. The lowest BCUT2D eigenvalue weighted by Gasteiger charge is -2.06. The first-order chi connectivity index (χ1) is 9.17. The number of nitrogens with one attached hydrogen (secondary N) is 1. The van der Waals surface area contributed by atoms with E-state index in [1.807, 2.05) is 6.07 Å². The molecule has 0 heterocycles. The molecule has 0 aliphatic rings. The van der Waals surface area contributed by atoms with Crippen LogP contribution in [-0.2, 0) is 11.3 Å². The number of nitriles is 1. The quantitative estimate of drug-likeness (QED) is 0.767. The van der Waals surface area contributed by atoms with Gasteiger partial charge in [0, 0.05) is 18.5 Å². The summed E-state index contributed by atoms with van der Waals surface area (Å²) in [6.07, 6.45) is 4.68. The minimum Gasteiger partial charge on any atom is -0.352 e. The number of benzene rings is 1. The molecule has 1 aromatic carbocycles. The van der Waals surface area contributed by atoms with Gasteiger partial charge in [0.15, 0.2) is 0 Å². The summed E-state index contributed by atoms with van der Waals surface area (Å²) in [5.74, 6) is -0.509. The lowest BCUT2D eigenvalue weighted by Crippen LogP contribution is -2.22. The Labute approximate surface area is 113 Å². The summed E-state index contributed by atoms with van der Waals surface area (Å²) >= 11 is 0. The van der Waals surface area contributed by atoms with Crippen LogP contribution in [0.5, 0.6) is 0 Å². The van der Waals surface area contributed by atoms with Crippen molar-refractivity contribution in [3.8, 4) is 6.07 Å². The van der Waals surface area contributed by atoms with E-state index < -0.39 is 5.82 Å². The molecule has 0 aromatic heterocycles. The topological polar surface area (TPSA) is 52.9 Å². The van der Waals surface area contributed by atoms with Gasteiger partial charge < -0.3 is 5.32 Å². The molecule has 0 aliphatic heterocycles. The van der Waals surface area contributed by atoms with Crippen LogP contribution in [0, 0.1) is 17.1 Å². The Kier molecular flexibility index (Phi) is 6.59. The Morgan fingerprint density at radius 1 is 1.37 bits per heavy atom. The predicted octanol–water partition coefficient (Wildman–Crippen LogP) is 3.28. The maximum absolute atomic E-state index is 13.5. The van der Waals surface area contributed by atoms with Crippen molar-refractivity contribution in [3.05, 3.63) is 35.1 Å². The van der Waals surface area contributed by atoms with E-state index in [4.69, 9.17) is 5.26 Å². The monoisotopic (exact) mass is 262 g/mol. The number of hydrogen-bond acceptors (Lipinski definition) is 2. The summed E-state index contributed by atoms with van der Waals surface area (Å²) in [5, 5.41) is 11.3. The Morgan fingerprint density at radius 2 is 2.16 bits per heavy atom. The highest BCUT2D eigenvalue weighted by molar-refractivity contribution is 5.75. The van der Waals surface area contributed by atoms with Gasteiger partial charge in [0.2, 0.25) is 5.91 Å². The summed E-state index contributed by atoms with van der Waals surface area (Å²) < 4.78 is 13.5. The third-order valence-electron chi connectivity index (χ3n) is 2.92. The molecule has 1 amide bonds. The van der Waals surface area contributed by atoms with E-state index in [2.05, 4.69) is 12.2 Å². The number of halogens is 1. The maximum atomic E-state index is 13.5. The number of carbonyl (C=O) groups is 1. The first-order valence-electron chi connectivity index (χ1n) is 6.62. The van der Waals surface area contributed by atoms with Crippen molar-refractivity contribution in [1.82, 2.24) is 5.32 Å². The molecule has 4 heteroatoms. The van der Waals surface area contributed by atoms with E-state index >= 15 is 0 Å². The summed E-state index contributed by atoms with van der Waals surface area (Å²) in [6.45, 7) is 2.29. The third kappa shape index (κ3) is 5.52.